The third kappa shape index (κ3) is 1.90. The Morgan fingerprint density at radius 1 is 1.10 bits per heavy atom. The molecule has 0 radical (unpaired) electrons. The van der Waals surface area contributed by atoms with Gasteiger partial charge in [-0.1, -0.05) is 0 Å². The highest BCUT2D eigenvalue weighted by molar-refractivity contribution is 4.77. The van der Waals surface area contributed by atoms with Gasteiger partial charge in [-0.05, 0) is 18.8 Å². The molecule has 3 heteroatoms. The van der Waals surface area contributed by atoms with Gasteiger partial charge in [-0.3, -0.25) is 0 Å². The Morgan fingerprint density at radius 3 is 2.00 bits per heavy atom. The normalized spacial score (nSPS) is 41.7. The van der Waals surface area contributed by atoms with Crippen LogP contribution in [0.4, 0.5) is 8.78 Å². The van der Waals surface area contributed by atoms with Gasteiger partial charge in [0.25, 0.3) is 0 Å². The molecule has 60 valence electrons. The molecule has 1 rings (SSSR count). The highest BCUT2D eigenvalue weighted by atomic mass is 19.1. The number of aliphatic hydroxyl groups is 1. The van der Waals surface area contributed by atoms with Crippen molar-refractivity contribution >= 4 is 0 Å². The SMILES string of the molecule is OCC1CC(F)CC(F)C1. The molecule has 0 aliphatic heterocycles. The van der Waals surface area contributed by atoms with Gasteiger partial charge in [-0.15, -0.1) is 0 Å². The summed E-state index contributed by atoms with van der Waals surface area (Å²) in [5, 5.41) is 8.59. The highest BCUT2D eigenvalue weighted by Crippen LogP contribution is 2.27. The second-order valence-electron chi connectivity index (χ2n) is 2.95. The van der Waals surface area contributed by atoms with Crippen LogP contribution in [0.1, 0.15) is 19.3 Å². The van der Waals surface area contributed by atoms with Crippen molar-refractivity contribution in [2.75, 3.05) is 6.61 Å². The fourth-order valence-corrected chi connectivity index (χ4v) is 1.44. The van der Waals surface area contributed by atoms with Crippen LogP contribution in [-0.4, -0.2) is 24.1 Å². The molecular formula is C7H12F2O. The fraction of sp³-hybridized carbons (Fsp3) is 1.00. The summed E-state index contributed by atoms with van der Waals surface area (Å²) in [6.07, 6.45) is -1.40. The lowest BCUT2D eigenvalue weighted by atomic mass is 9.87. The topological polar surface area (TPSA) is 20.2 Å². The Hall–Kier alpha value is -0.180. The summed E-state index contributed by atoms with van der Waals surface area (Å²) in [5.41, 5.74) is 0. The van der Waals surface area contributed by atoms with Gasteiger partial charge >= 0.3 is 0 Å². The van der Waals surface area contributed by atoms with E-state index in [-0.39, 0.29) is 18.9 Å². The Morgan fingerprint density at radius 2 is 1.60 bits per heavy atom. The Balaban J connectivity index is 2.35. The molecule has 0 aromatic rings. The first-order valence-electron chi connectivity index (χ1n) is 3.61. The molecule has 1 nitrogen and oxygen atoms in total. The van der Waals surface area contributed by atoms with Crippen LogP contribution in [0.25, 0.3) is 0 Å². The highest BCUT2D eigenvalue weighted by Gasteiger charge is 2.27. The number of rotatable bonds is 1. The minimum atomic E-state index is -1.04. The zero-order valence-corrected chi connectivity index (χ0v) is 5.76. The van der Waals surface area contributed by atoms with Crippen molar-refractivity contribution in [1.29, 1.82) is 0 Å². The lowest BCUT2D eigenvalue weighted by Crippen LogP contribution is -2.26. The van der Waals surface area contributed by atoms with E-state index in [0.717, 1.165) is 0 Å². The first-order chi connectivity index (χ1) is 4.72. The smallest absolute Gasteiger partial charge is 0.103 e. The molecule has 1 N–H and O–H groups in total. The molecule has 10 heavy (non-hydrogen) atoms. The van der Waals surface area contributed by atoms with Crippen molar-refractivity contribution in [1.82, 2.24) is 0 Å². The molecule has 1 aliphatic rings. The minimum Gasteiger partial charge on any atom is -0.396 e. The van der Waals surface area contributed by atoms with E-state index < -0.39 is 12.3 Å². The number of aliphatic hydroxyl groups excluding tert-OH is 1. The molecule has 0 bridgehead atoms. The number of alkyl halides is 2. The molecule has 0 aromatic carbocycles. The van der Waals surface area contributed by atoms with Crippen molar-refractivity contribution in [3.63, 3.8) is 0 Å². The van der Waals surface area contributed by atoms with Gasteiger partial charge in [0.15, 0.2) is 0 Å². The monoisotopic (exact) mass is 150 g/mol. The van der Waals surface area contributed by atoms with Crippen molar-refractivity contribution in [3.8, 4) is 0 Å². The summed E-state index contributed by atoms with van der Waals surface area (Å²) in [6.45, 7) is -0.0825. The van der Waals surface area contributed by atoms with Gasteiger partial charge in [0.2, 0.25) is 0 Å². The van der Waals surface area contributed by atoms with Crippen LogP contribution in [-0.2, 0) is 0 Å². The predicted molar refractivity (Wildman–Crippen MR) is 34.2 cm³/mol. The van der Waals surface area contributed by atoms with E-state index in [1.54, 1.807) is 0 Å². The van der Waals surface area contributed by atoms with Gasteiger partial charge in [0.1, 0.15) is 12.3 Å². The molecule has 2 atom stereocenters. The lowest BCUT2D eigenvalue weighted by molar-refractivity contribution is 0.0812. The fourth-order valence-electron chi connectivity index (χ4n) is 1.44. The van der Waals surface area contributed by atoms with E-state index in [9.17, 15) is 8.78 Å². The van der Waals surface area contributed by atoms with Crippen LogP contribution in [0.5, 0.6) is 0 Å². The van der Waals surface area contributed by atoms with Gasteiger partial charge in [0.05, 0.1) is 0 Å². The lowest BCUT2D eigenvalue weighted by Gasteiger charge is -2.25. The van der Waals surface area contributed by atoms with Gasteiger partial charge < -0.3 is 5.11 Å². The second kappa shape index (κ2) is 3.28. The number of halogens is 2. The van der Waals surface area contributed by atoms with Gasteiger partial charge in [-0.2, -0.15) is 0 Å². The molecule has 0 aromatic heterocycles. The van der Waals surface area contributed by atoms with Crippen LogP contribution < -0.4 is 0 Å². The predicted octanol–water partition coefficient (Wildman–Crippen LogP) is 1.45. The zero-order chi connectivity index (χ0) is 7.56. The molecule has 0 spiro atoms. The molecule has 0 heterocycles. The quantitative estimate of drug-likeness (QED) is 0.600. The molecule has 0 saturated heterocycles. The summed E-state index contributed by atoms with van der Waals surface area (Å²) in [7, 11) is 0. The Bertz CT molecular complexity index is 97.8. The van der Waals surface area contributed by atoms with Crippen LogP contribution in [0.3, 0.4) is 0 Å². The summed E-state index contributed by atoms with van der Waals surface area (Å²) >= 11 is 0. The third-order valence-corrected chi connectivity index (χ3v) is 1.95. The van der Waals surface area contributed by atoms with Crippen LogP contribution in [0, 0.1) is 5.92 Å². The van der Waals surface area contributed by atoms with Gasteiger partial charge in [-0.25, -0.2) is 8.78 Å². The standard InChI is InChI=1S/C7H12F2O/c8-6-1-5(4-10)2-7(9)3-6/h5-7,10H,1-4H2. The van der Waals surface area contributed by atoms with E-state index in [1.807, 2.05) is 0 Å². The van der Waals surface area contributed by atoms with Crippen LogP contribution in [0.2, 0.25) is 0 Å². The Labute approximate surface area is 59.0 Å². The molecule has 1 fully saturated rings. The van der Waals surface area contributed by atoms with Crippen molar-refractivity contribution in [2.45, 2.75) is 31.6 Å². The third-order valence-electron chi connectivity index (χ3n) is 1.95. The average molecular weight is 150 g/mol. The summed E-state index contributed by atoms with van der Waals surface area (Å²) in [4.78, 5) is 0. The minimum absolute atomic E-state index is 0.0243. The van der Waals surface area contributed by atoms with E-state index in [0.29, 0.717) is 12.8 Å². The van der Waals surface area contributed by atoms with Crippen molar-refractivity contribution < 1.29 is 13.9 Å². The van der Waals surface area contributed by atoms with Crippen molar-refractivity contribution in [3.05, 3.63) is 0 Å². The van der Waals surface area contributed by atoms with Crippen LogP contribution in [0.15, 0.2) is 0 Å². The van der Waals surface area contributed by atoms with Crippen LogP contribution >= 0.6 is 0 Å². The first kappa shape index (κ1) is 7.92. The summed E-state index contributed by atoms with van der Waals surface area (Å²) < 4.78 is 25.0. The largest absolute Gasteiger partial charge is 0.396 e. The molecule has 1 saturated carbocycles. The summed E-state index contributed by atoms with van der Waals surface area (Å²) in [5.74, 6) is -0.154. The maximum absolute atomic E-state index is 12.5. The van der Waals surface area contributed by atoms with E-state index in [4.69, 9.17) is 5.11 Å². The van der Waals surface area contributed by atoms with E-state index in [1.165, 1.54) is 0 Å². The number of hydrogen-bond acceptors (Lipinski definition) is 1. The Kier molecular flexibility index (Phi) is 2.60. The summed E-state index contributed by atoms with van der Waals surface area (Å²) in [6, 6.07) is 0. The molecule has 2 unspecified atom stereocenters. The van der Waals surface area contributed by atoms with E-state index >= 15 is 0 Å². The van der Waals surface area contributed by atoms with Crippen molar-refractivity contribution in [2.24, 2.45) is 5.92 Å². The maximum Gasteiger partial charge on any atom is 0.103 e. The maximum atomic E-state index is 12.5. The first-order valence-corrected chi connectivity index (χ1v) is 3.61. The number of hydrogen-bond donors (Lipinski definition) is 1. The van der Waals surface area contributed by atoms with Gasteiger partial charge in [0, 0.05) is 13.0 Å². The average Bonchev–Trinajstić information content (AvgIpc) is 1.85. The molecule has 1 aliphatic carbocycles. The zero-order valence-electron chi connectivity index (χ0n) is 5.76. The molecular weight excluding hydrogens is 138 g/mol. The van der Waals surface area contributed by atoms with E-state index in [2.05, 4.69) is 0 Å². The molecule has 0 amide bonds. The second-order valence-corrected chi connectivity index (χ2v) is 2.95.